The smallest absolute Gasteiger partial charge is 0.324 e. The summed E-state index contributed by atoms with van der Waals surface area (Å²) in [6, 6.07) is 10.3. The average Bonchev–Trinajstić information content (AvgIpc) is 3.46. The van der Waals surface area contributed by atoms with E-state index in [9.17, 15) is 4.79 Å². The molecule has 8 heteroatoms. The van der Waals surface area contributed by atoms with Crippen molar-refractivity contribution in [3.8, 4) is 11.4 Å². The number of hydrogen-bond donors (Lipinski definition) is 0. The summed E-state index contributed by atoms with van der Waals surface area (Å²) in [6.45, 7) is 2.05. The normalized spacial score (nSPS) is 21.2. The van der Waals surface area contributed by atoms with E-state index in [1.54, 1.807) is 12.5 Å². The van der Waals surface area contributed by atoms with E-state index >= 15 is 0 Å². The van der Waals surface area contributed by atoms with Crippen molar-refractivity contribution >= 4 is 12.0 Å². The molecule has 2 aliphatic rings. The van der Waals surface area contributed by atoms with Gasteiger partial charge in [0.15, 0.2) is 0 Å². The minimum Gasteiger partial charge on any atom is -0.460 e. The second-order valence-corrected chi connectivity index (χ2v) is 7.52. The molecule has 1 unspecified atom stereocenters. The van der Waals surface area contributed by atoms with E-state index in [2.05, 4.69) is 20.0 Å². The van der Waals surface area contributed by atoms with Gasteiger partial charge in [-0.3, -0.25) is 4.79 Å². The molecule has 2 aliphatic heterocycles. The van der Waals surface area contributed by atoms with Gasteiger partial charge in [-0.1, -0.05) is 35.5 Å². The Morgan fingerprint density at radius 2 is 2.00 bits per heavy atom. The van der Waals surface area contributed by atoms with Crippen molar-refractivity contribution in [3.05, 3.63) is 49.1 Å². The van der Waals surface area contributed by atoms with E-state index in [1.807, 2.05) is 41.1 Å². The third kappa shape index (κ3) is 3.04. The van der Waals surface area contributed by atoms with Crippen LogP contribution in [0.25, 0.3) is 11.4 Å². The monoisotopic (exact) mass is 379 g/mol. The molecule has 144 valence electrons. The average molecular weight is 379 g/mol. The summed E-state index contributed by atoms with van der Waals surface area (Å²) < 4.78 is 13.1. The maximum absolute atomic E-state index is 12.6. The van der Waals surface area contributed by atoms with E-state index < -0.39 is 5.41 Å². The van der Waals surface area contributed by atoms with Crippen LogP contribution >= 0.6 is 0 Å². The fraction of sp³-hybridized carbons (Fsp3) is 0.400. The highest BCUT2D eigenvalue weighted by atomic mass is 16.6. The number of esters is 1. The van der Waals surface area contributed by atoms with Gasteiger partial charge in [-0.2, -0.15) is 4.98 Å². The van der Waals surface area contributed by atoms with Crippen molar-refractivity contribution in [1.82, 2.24) is 19.7 Å². The number of cyclic esters (lactones) is 1. The highest BCUT2D eigenvalue weighted by Gasteiger charge is 2.50. The lowest BCUT2D eigenvalue weighted by Gasteiger charge is -2.35. The molecule has 0 radical (unpaired) electrons. The number of carbonyl (C=O) groups excluding carboxylic acids is 1. The molecule has 8 nitrogen and oxygen atoms in total. The number of anilines is 1. The molecule has 1 aromatic carbocycles. The molecule has 0 amide bonds. The van der Waals surface area contributed by atoms with Crippen molar-refractivity contribution < 1.29 is 14.1 Å². The fourth-order valence-electron chi connectivity index (χ4n) is 4.15. The maximum Gasteiger partial charge on any atom is 0.324 e. The molecule has 0 saturated carbocycles. The summed E-state index contributed by atoms with van der Waals surface area (Å²) in [7, 11) is 0. The molecule has 2 saturated heterocycles. The molecule has 4 heterocycles. The van der Waals surface area contributed by atoms with Gasteiger partial charge >= 0.3 is 12.0 Å². The van der Waals surface area contributed by atoms with Crippen LogP contribution in [0.4, 0.5) is 6.01 Å². The lowest BCUT2D eigenvalue weighted by molar-refractivity contribution is -0.150. The molecule has 2 aromatic heterocycles. The Kier molecular flexibility index (Phi) is 4.11. The van der Waals surface area contributed by atoms with Crippen LogP contribution in [-0.4, -0.2) is 44.9 Å². The summed E-state index contributed by atoms with van der Waals surface area (Å²) in [6.07, 6.45) is 7.49. The molecule has 3 aromatic rings. The standard InChI is InChI=1S/C20H21N5O3/c26-18-20(12-16(27-18)13-24-11-8-21-14-24)6-9-25(10-7-20)19-22-17(23-28-19)15-4-2-1-3-5-15/h1-5,8,11,14,16H,6-7,9-10,12-13H2. The van der Waals surface area contributed by atoms with Crippen molar-refractivity contribution in [3.63, 3.8) is 0 Å². The highest BCUT2D eigenvalue weighted by Crippen LogP contribution is 2.44. The quantitative estimate of drug-likeness (QED) is 0.644. The number of ether oxygens (including phenoxy) is 1. The Balaban J connectivity index is 1.24. The molecule has 2 fully saturated rings. The molecule has 0 bridgehead atoms. The summed E-state index contributed by atoms with van der Waals surface area (Å²) in [5, 5.41) is 4.09. The number of nitrogens with zero attached hydrogens (tertiary/aromatic N) is 5. The number of piperidine rings is 1. The summed E-state index contributed by atoms with van der Waals surface area (Å²) in [5.41, 5.74) is 0.525. The van der Waals surface area contributed by atoms with Gasteiger partial charge in [-0.25, -0.2) is 4.98 Å². The Morgan fingerprint density at radius 3 is 2.75 bits per heavy atom. The van der Waals surface area contributed by atoms with Gasteiger partial charge in [0.25, 0.3) is 0 Å². The van der Waals surface area contributed by atoms with Crippen molar-refractivity contribution in [2.24, 2.45) is 5.41 Å². The predicted molar refractivity (Wildman–Crippen MR) is 100 cm³/mol. The number of rotatable bonds is 4. The second-order valence-electron chi connectivity index (χ2n) is 7.52. The lowest BCUT2D eigenvalue weighted by Crippen LogP contribution is -2.42. The Morgan fingerprint density at radius 1 is 1.18 bits per heavy atom. The lowest BCUT2D eigenvalue weighted by atomic mass is 9.76. The van der Waals surface area contributed by atoms with Gasteiger partial charge in [-0.15, -0.1) is 0 Å². The number of aromatic nitrogens is 4. The topological polar surface area (TPSA) is 86.3 Å². The highest BCUT2D eigenvalue weighted by molar-refractivity contribution is 5.79. The van der Waals surface area contributed by atoms with Crippen LogP contribution < -0.4 is 4.90 Å². The minimum absolute atomic E-state index is 0.0761. The first-order valence-corrected chi connectivity index (χ1v) is 9.53. The maximum atomic E-state index is 12.6. The van der Waals surface area contributed by atoms with E-state index in [0.717, 1.165) is 24.8 Å². The van der Waals surface area contributed by atoms with Gasteiger partial charge in [0, 0.05) is 37.5 Å². The number of carbonyl (C=O) groups is 1. The largest absolute Gasteiger partial charge is 0.460 e. The second kappa shape index (κ2) is 6.78. The van der Waals surface area contributed by atoms with Gasteiger partial charge in [0.2, 0.25) is 5.82 Å². The summed E-state index contributed by atoms with van der Waals surface area (Å²) >= 11 is 0. The third-order valence-corrected chi connectivity index (χ3v) is 5.74. The first kappa shape index (κ1) is 17.0. The van der Waals surface area contributed by atoms with Crippen LogP contribution in [0.5, 0.6) is 0 Å². The molecule has 28 heavy (non-hydrogen) atoms. The van der Waals surface area contributed by atoms with Crippen molar-refractivity contribution in [2.75, 3.05) is 18.0 Å². The van der Waals surface area contributed by atoms with Crippen LogP contribution in [0.2, 0.25) is 0 Å². The summed E-state index contributed by atoms with van der Waals surface area (Å²) in [4.78, 5) is 23.2. The Bertz CT molecular complexity index is 945. The first-order chi connectivity index (χ1) is 13.7. The van der Waals surface area contributed by atoms with Crippen LogP contribution in [0.1, 0.15) is 19.3 Å². The van der Waals surface area contributed by atoms with E-state index in [-0.39, 0.29) is 12.1 Å². The zero-order valence-electron chi connectivity index (χ0n) is 15.4. The fourth-order valence-corrected chi connectivity index (χ4v) is 4.15. The van der Waals surface area contributed by atoms with E-state index in [1.165, 1.54) is 0 Å². The van der Waals surface area contributed by atoms with Crippen molar-refractivity contribution in [2.45, 2.75) is 31.9 Å². The van der Waals surface area contributed by atoms with Gasteiger partial charge in [0.05, 0.1) is 18.3 Å². The third-order valence-electron chi connectivity index (χ3n) is 5.74. The summed E-state index contributed by atoms with van der Waals surface area (Å²) in [5.74, 6) is 0.504. The zero-order valence-corrected chi connectivity index (χ0v) is 15.4. The molecular weight excluding hydrogens is 358 g/mol. The predicted octanol–water partition coefficient (Wildman–Crippen LogP) is 2.54. The van der Waals surface area contributed by atoms with Crippen LogP contribution in [0.15, 0.2) is 53.6 Å². The number of hydrogen-bond acceptors (Lipinski definition) is 7. The Hall–Kier alpha value is -3.16. The molecule has 1 spiro atoms. The van der Waals surface area contributed by atoms with Crippen LogP contribution in [0, 0.1) is 5.41 Å². The Labute approximate surface area is 162 Å². The molecule has 1 atom stereocenters. The first-order valence-electron chi connectivity index (χ1n) is 9.53. The SMILES string of the molecule is O=C1OC(Cn2ccnc2)CC12CCN(c1nc(-c3ccccc3)no1)CC2. The van der Waals surface area contributed by atoms with Gasteiger partial charge in [0.1, 0.15) is 6.10 Å². The zero-order chi connectivity index (χ0) is 19.0. The molecular formula is C20H21N5O3. The number of imidazole rings is 1. The van der Waals surface area contributed by atoms with Gasteiger partial charge in [-0.05, 0) is 12.8 Å². The van der Waals surface area contributed by atoms with Crippen LogP contribution in [0.3, 0.4) is 0 Å². The van der Waals surface area contributed by atoms with E-state index in [0.29, 0.717) is 31.5 Å². The van der Waals surface area contributed by atoms with Gasteiger partial charge < -0.3 is 18.7 Å². The minimum atomic E-state index is -0.399. The molecule has 0 aliphatic carbocycles. The number of benzene rings is 1. The molecule has 5 rings (SSSR count). The molecule has 0 N–H and O–H groups in total. The van der Waals surface area contributed by atoms with Crippen LogP contribution in [-0.2, 0) is 16.1 Å². The van der Waals surface area contributed by atoms with E-state index in [4.69, 9.17) is 9.26 Å². The van der Waals surface area contributed by atoms with Crippen molar-refractivity contribution in [1.29, 1.82) is 0 Å².